The van der Waals surface area contributed by atoms with E-state index >= 15 is 0 Å². The van der Waals surface area contributed by atoms with Crippen molar-refractivity contribution in [2.24, 2.45) is 5.73 Å². The van der Waals surface area contributed by atoms with E-state index in [1.807, 2.05) is 12.1 Å². The molecule has 2 nitrogen and oxygen atoms in total. The molecule has 0 unspecified atom stereocenters. The van der Waals surface area contributed by atoms with Gasteiger partial charge in [0, 0.05) is 4.47 Å². The van der Waals surface area contributed by atoms with Crippen LogP contribution in [0.5, 0.6) is 0 Å². The van der Waals surface area contributed by atoms with Crippen molar-refractivity contribution in [1.82, 2.24) is 0 Å². The summed E-state index contributed by atoms with van der Waals surface area (Å²) in [5, 5.41) is 9.76. The average molecular weight is 256 g/mol. The van der Waals surface area contributed by atoms with Crippen molar-refractivity contribution in [3.05, 3.63) is 33.8 Å². The molecule has 1 aliphatic carbocycles. The van der Waals surface area contributed by atoms with Crippen molar-refractivity contribution < 1.29 is 5.11 Å². The first kappa shape index (κ1) is 10.1. The number of benzene rings is 1. The van der Waals surface area contributed by atoms with Crippen molar-refractivity contribution in [1.29, 1.82) is 0 Å². The highest BCUT2D eigenvalue weighted by molar-refractivity contribution is 9.10. The van der Waals surface area contributed by atoms with E-state index < -0.39 is 6.10 Å². The molecular weight excluding hydrogens is 242 g/mol. The van der Waals surface area contributed by atoms with Crippen molar-refractivity contribution in [3.8, 4) is 0 Å². The van der Waals surface area contributed by atoms with Crippen molar-refractivity contribution in [2.75, 3.05) is 0 Å². The third-order valence-corrected chi connectivity index (χ3v) is 3.32. The monoisotopic (exact) mass is 255 g/mol. The molecule has 0 aliphatic heterocycles. The van der Waals surface area contributed by atoms with Gasteiger partial charge in [0.2, 0.25) is 0 Å². The van der Waals surface area contributed by atoms with E-state index in [9.17, 15) is 5.11 Å². The van der Waals surface area contributed by atoms with Gasteiger partial charge >= 0.3 is 0 Å². The Balaban J connectivity index is 2.44. The Hall–Kier alpha value is -0.380. The van der Waals surface area contributed by atoms with Crippen LogP contribution in [0.2, 0.25) is 0 Å². The number of aryl methyl sites for hydroxylation is 1. The molecule has 0 amide bonds. The van der Waals surface area contributed by atoms with Crippen LogP contribution in [0.15, 0.2) is 22.7 Å². The van der Waals surface area contributed by atoms with Gasteiger partial charge in [-0.25, -0.2) is 0 Å². The Kier molecular flexibility index (Phi) is 2.91. The van der Waals surface area contributed by atoms with Gasteiger partial charge in [-0.05, 0) is 42.5 Å². The summed E-state index contributed by atoms with van der Waals surface area (Å²) in [5.41, 5.74) is 8.35. The van der Waals surface area contributed by atoms with Crippen LogP contribution in [0.1, 0.15) is 30.0 Å². The maximum absolute atomic E-state index is 9.76. The van der Waals surface area contributed by atoms with Gasteiger partial charge in [0.25, 0.3) is 0 Å². The summed E-state index contributed by atoms with van der Waals surface area (Å²) in [7, 11) is 0. The standard InChI is InChI=1S/C11H14BrNO/c12-8-5-4-7-2-1-3-10(14)11(13)9(7)6-8/h4-6,10-11,14H,1-3,13H2/t10-,11+/m0/s1. The van der Waals surface area contributed by atoms with Gasteiger partial charge in [0.1, 0.15) is 0 Å². The highest BCUT2D eigenvalue weighted by Crippen LogP contribution is 2.29. The molecule has 0 heterocycles. The minimum atomic E-state index is -0.398. The van der Waals surface area contributed by atoms with E-state index in [1.165, 1.54) is 5.56 Å². The quantitative estimate of drug-likeness (QED) is 0.698. The van der Waals surface area contributed by atoms with Crippen LogP contribution >= 0.6 is 15.9 Å². The summed E-state index contributed by atoms with van der Waals surface area (Å²) in [5.74, 6) is 0. The van der Waals surface area contributed by atoms with Crippen LogP contribution in [0.3, 0.4) is 0 Å². The zero-order valence-electron chi connectivity index (χ0n) is 7.91. The second kappa shape index (κ2) is 4.01. The SMILES string of the molecule is N[C@@H]1c2cc(Br)ccc2CCC[C@@H]1O. The predicted molar refractivity (Wildman–Crippen MR) is 60.0 cm³/mol. The smallest absolute Gasteiger partial charge is 0.0733 e. The molecule has 3 N–H and O–H groups in total. The minimum Gasteiger partial charge on any atom is -0.391 e. The molecule has 3 heteroatoms. The van der Waals surface area contributed by atoms with Crippen LogP contribution in [-0.2, 0) is 6.42 Å². The average Bonchev–Trinajstić information content (AvgIpc) is 2.30. The molecule has 0 saturated heterocycles. The van der Waals surface area contributed by atoms with E-state index in [1.54, 1.807) is 0 Å². The zero-order chi connectivity index (χ0) is 10.1. The minimum absolute atomic E-state index is 0.231. The van der Waals surface area contributed by atoms with Crippen LogP contribution < -0.4 is 5.73 Å². The molecule has 1 aliphatic rings. The third kappa shape index (κ3) is 1.85. The number of halogens is 1. The largest absolute Gasteiger partial charge is 0.391 e. The van der Waals surface area contributed by atoms with E-state index in [4.69, 9.17) is 5.73 Å². The van der Waals surface area contributed by atoms with E-state index in [-0.39, 0.29) is 6.04 Å². The molecule has 2 rings (SSSR count). The highest BCUT2D eigenvalue weighted by Gasteiger charge is 2.22. The fourth-order valence-electron chi connectivity index (χ4n) is 1.99. The number of aliphatic hydroxyl groups is 1. The molecule has 76 valence electrons. The maximum atomic E-state index is 9.76. The van der Waals surface area contributed by atoms with E-state index in [2.05, 4.69) is 22.0 Å². The molecule has 0 spiro atoms. The predicted octanol–water partition coefficient (Wildman–Crippen LogP) is 2.15. The fourth-order valence-corrected chi connectivity index (χ4v) is 2.37. The lowest BCUT2D eigenvalue weighted by Crippen LogP contribution is -2.25. The zero-order valence-corrected chi connectivity index (χ0v) is 9.50. The number of fused-ring (bicyclic) bond motifs is 1. The molecular formula is C11H14BrNO. The fraction of sp³-hybridized carbons (Fsp3) is 0.455. The number of hydrogen-bond donors (Lipinski definition) is 2. The normalized spacial score (nSPS) is 26.8. The highest BCUT2D eigenvalue weighted by atomic mass is 79.9. The van der Waals surface area contributed by atoms with Gasteiger partial charge in [-0.3, -0.25) is 0 Å². The summed E-state index contributed by atoms with van der Waals surface area (Å²) in [4.78, 5) is 0. The molecule has 14 heavy (non-hydrogen) atoms. The van der Waals surface area contributed by atoms with Crippen molar-refractivity contribution >= 4 is 15.9 Å². The Morgan fingerprint density at radius 3 is 3.00 bits per heavy atom. The summed E-state index contributed by atoms with van der Waals surface area (Å²) in [6.45, 7) is 0. The Bertz CT molecular complexity index is 340. The summed E-state index contributed by atoms with van der Waals surface area (Å²) < 4.78 is 1.03. The first-order chi connectivity index (χ1) is 6.68. The van der Waals surface area contributed by atoms with E-state index in [0.717, 1.165) is 29.3 Å². The summed E-state index contributed by atoms with van der Waals surface area (Å²) >= 11 is 3.43. The number of rotatable bonds is 0. The molecule has 0 aromatic heterocycles. The summed E-state index contributed by atoms with van der Waals surface area (Å²) in [6.07, 6.45) is 2.44. The lowest BCUT2D eigenvalue weighted by molar-refractivity contribution is 0.136. The Labute approximate surface area is 92.3 Å². The van der Waals surface area contributed by atoms with Gasteiger partial charge in [-0.1, -0.05) is 22.0 Å². The molecule has 0 fully saturated rings. The van der Waals surface area contributed by atoms with Crippen LogP contribution in [0, 0.1) is 0 Å². The molecule has 1 aromatic rings. The number of aliphatic hydroxyl groups excluding tert-OH is 1. The van der Waals surface area contributed by atoms with Gasteiger partial charge < -0.3 is 10.8 Å². The Morgan fingerprint density at radius 2 is 2.21 bits per heavy atom. The van der Waals surface area contributed by atoms with Gasteiger partial charge in [0.05, 0.1) is 12.1 Å². The van der Waals surface area contributed by atoms with Crippen molar-refractivity contribution in [2.45, 2.75) is 31.4 Å². The lowest BCUT2D eigenvalue weighted by Gasteiger charge is -2.17. The van der Waals surface area contributed by atoms with E-state index in [0.29, 0.717) is 0 Å². The van der Waals surface area contributed by atoms with Crippen LogP contribution in [-0.4, -0.2) is 11.2 Å². The molecule has 0 radical (unpaired) electrons. The van der Waals surface area contributed by atoms with Gasteiger partial charge in [0.15, 0.2) is 0 Å². The molecule has 1 aromatic carbocycles. The van der Waals surface area contributed by atoms with Crippen molar-refractivity contribution in [3.63, 3.8) is 0 Å². The molecule has 0 saturated carbocycles. The molecule has 0 bridgehead atoms. The first-order valence-corrected chi connectivity index (χ1v) is 5.70. The number of hydrogen-bond acceptors (Lipinski definition) is 2. The van der Waals surface area contributed by atoms with Crippen LogP contribution in [0.25, 0.3) is 0 Å². The first-order valence-electron chi connectivity index (χ1n) is 4.90. The third-order valence-electron chi connectivity index (χ3n) is 2.83. The topological polar surface area (TPSA) is 46.2 Å². The molecule has 2 atom stereocenters. The summed E-state index contributed by atoms with van der Waals surface area (Å²) in [6, 6.07) is 5.92. The lowest BCUT2D eigenvalue weighted by atomic mass is 9.99. The van der Waals surface area contributed by atoms with Gasteiger partial charge in [-0.2, -0.15) is 0 Å². The van der Waals surface area contributed by atoms with Gasteiger partial charge in [-0.15, -0.1) is 0 Å². The second-order valence-electron chi connectivity index (χ2n) is 3.83. The second-order valence-corrected chi connectivity index (χ2v) is 4.74. The Morgan fingerprint density at radius 1 is 1.43 bits per heavy atom. The number of nitrogens with two attached hydrogens (primary N) is 1. The maximum Gasteiger partial charge on any atom is 0.0733 e. The van der Waals surface area contributed by atoms with Crippen LogP contribution in [0.4, 0.5) is 0 Å².